The largest absolute Gasteiger partial charge is 0.481 e. The minimum absolute atomic E-state index is 0.0328. The van der Waals surface area contributed by atoms with Crippen LogP contribution < -0.4 is 5.32 Å². The first-order chi connectivity index (χ1) is 18.4. The van der Waals surface area contributed by atoms with Crippen LogP contribution in [0.25, 0.3) is 0 Å². The number of halogens is 2. The molecule has 4 rings (SSSR count). The van der Waals surface area contributed by atoms with Gasteiger partial charge in [0.25, 0.3) is 11.8 Å². The van der Waals surface area contributed by atoms with Gasteiger partial charge in [-0.15, -0.1) is 0 Å². The molecule has 1 aliphatic carbocycles. The van der Waals surface area contributed by atoms with E-state index in [9.17, 15) is 23.2 Å². The predicted octanol–water partition coefficient (Wildman–Crippen LogP) is 4.98. The maximum atomic E-state index is 14.7. The molecule has 0 saturated heterocycles. The lowest BCUT2D eigenvalue weighted by Gasteiger charge is -2.45. The molecule has 7 nitrogen and oxygen atoms in total. The summed E-state index contributed by atoms with van der Waals surface area (Å²) in [5, 5.41) is 11.3. The van der Waals surface area contributed by atoms with Gasteiger partial charge in [0, 0.05) is 24.2 Å². The van der Waals surface area contributed by atoms with Gasteiger partial charge in [-0.05, 0) is 73.3 Å². The second-order valence-corrected chi connectivity index (χ2v) is 11.5. The van der Waals surface area contributed by atoms with Gasteiger partial charge in [-0.2, -0.15) is 0 Å². The number of hydrogen-bond acceptors (Lipinski definition) is 4. The third-order valence-electron chi connectivity index (χ3n) is 7.95. The van der Waals surface area contributed by atoms with E-state index in [0.717, 1.165) is 24.5 Å². The van der Waals surface area contributed by atoms with Crippen LogP contribution in [0.3, 0.4) is 0 Å². The molecule has 0 bridgehead atoms. The Bertz CT molecular complexity index is 1280. The van der Waals surface area contributed by atoms with E-state index in [4.69, 9.17) is 10.1 Å². The van der Waals surface area contributed by atoms with E-state index in [1.54, 1.807) is 29.2 Å². The Morgan fingerprint density at radius 2 is 1.77 bits per heavy atom. The number of hydrogen-bond donors (Lipinski definition) is 2. The molecule has 2 aromatic rings. The van der Waals surface area contributed by atoms with Crippen molar-refractivity contribution >= 4 is 23.5 Å². The first-order valence-corrected chi connectivity index (χ1v) is 13.4. The van der Waals surface area contributed by atoms with E-state index >= 15 is 0 Å². The highest BCUT2D eigenvalue weighted by molar-refractivity contribution is 6.46. The number of benzene rings is 2. The molecule has 0 unspecified atom stereocenters. The standard InChI is InChI=1S/C30H35F2N3O4/c1-29(2,3)21-11-15-30(16-12-21)34-26(22-5-4-6-23(31)25(22)32)28(39)35(30)18-14-19-7-9-20(10-8-19)27(38)33-17-13-24(36)37/h4-10,21H,11-18H2,1-3H3,(H,33,38)(H,36,37). The smallest absolute Gasteiger partial charge is 0.305 e. The molecule has 39 heavy (non-hydrogen) atoms. The number of carbonyl (C=O) groups excluding carboxylic acids is 2. The van der Waals surface area contributed by atoms with Crippen LogP contribution in [0, 0.1) is 23.0 Å². The zero-order valence-electron chi connectivity index (χ0n) is 22.6. The predicted molar refractivity (Wildman–Crippen MR) is 143 cm³/mol. The summed E-state index contributed by atoms with van der Waals surface area (Å²) in [6.07, 6.45) is 3.39. The normalized spacial score (nSPS) is 21.3. The fourth-order valence-electron chi connectivity index (χ4n) is 5.58. The van der Waals surface area contributed by atoms with E-state index in [2.05, 4.69) is 26.1 Å². The zero-order valence-corrected chi connectivity index (χ0v) is 22.6. The van der Waals surface area contributed by atoms with Crippen molar-refractivity contribution in [3.63, 3.8) is 0 Å². The van der Waals surface area contributed by atoms with Crippen LogP contribution >= 0.6 is 0 Å². The van der Waals surface area contributed by atoms with Gasteiger partial charge in [0.15, 0.2) is 11.6 Å². The lowest BCUT2D eigenvalue weighted by molar-refractivity contribution is -0.136. The summed E-state index contributed by atoms with van der Waals surface area (Å²) in [5.74, 6) is -3.36. The quantitative estimate of drug-likeness (QED) is 0.495. The van der Waals surface area contributed by atoms with Crippen molar-refractivity contribution in [1.82, 2.24) is 10.2 Å². The highest BCUT2D eigenvalue weighted by Crippen LogP contribution is 2.46. The summed E-state index contributed by atoms with van der Waals surface area (Å²) in [5.41, 5.74) is 0.487. The van der Waals surface area contributed by atoms with Gasteiger partial charge in [0.2, 0.25) is 0 Å². The summed E-state index contributed by atoms with van der Waals surface area (Å²) >= 11 is 0. The number of nitrogens with zero attached hydrogens (tertiary/aromatic N) is 2. The number of aliphatic imine (C=N–C) groups is 1. The van der Waals surface area contributed by atoms with E-state index in [1.165, 1.54) is 12.1 Å². The highest BCUT2D eigenvalue weighted by atomic mass is 19.2. The summed E-state index contributed by atoms with van der Waals surface area (Å²) in [6, 6.07) is 10.7. The van der Waals surface area contributed by atoms with Gasteiger partial charge in [0.05, 0.1) is 6.42 Å². The van der Waals surface area contributed by atoms with Crippen molar-refractivity contribution in [3.8, 4) is 0 Å². The van der Waals surface area contributed by atoms with Gasteiger partial charge in [-0.25, -0.2) is 8.78 Å². The van der Waals surface area contributed by atoms with E-state index < -0.39 is 29.2 Å². The molecular weight excluding hydrogens is 504 g/mol. The second kappa shape index (κ2) is 11.2. The van der Waals surface area contributed by atoms with Gasteiger partial charge >= 0.3 is 5.97 Å². The molecule has 0 atom stereocenters. The first-order valence-electron chi connectivity index (χ1n) is 13.4. The number of nitrogens with one attached hydrogen (secondary N) is 1. The van der Waals surface area contributed by atoms with Crippen molar-refractivity contribution in [2.24, 2.45) is 16.3 Å². The van der Waals surface area contributed by atoms with Crippen LogP contribution in [-0.2, 0) is 16.0 Å². The highest BCUT2D eigenvalue weighted by Gasteiger charge is 2.50. The van der Waals surface area contributed by atoms with Crippen LogP contribution in [-0.4, -0.2) is 52.3 Å². The van der Waals surface area contributed by atoms with Crippen molar-refractivity contribution in [1.29, 1.82) is 0 Å². The minimum atomic E-state index is -1.07. The van der Waals surface area contributed by atoms with Crippen LogP contribution in [0.4, 0.5) is 8.78 Å². The molecule has 9 heteroatoms. The molecule has 2 aliphatic rings. The maximum absolute atomic E-state index is 14.7. The molecule has 208 valence electrons. The monoisotopic (exact) mass is 539 g/mol. The summed E-state index contributed by atoms with van der Waals surface area (Å²) in [7, 11) is 0. The number of carboxylic acid groups (broad SMARTS) is 1. The Labute approximate surface area is 227 Å². The number of amides is 2. The number of aliphatic carboxylic acids is 1. The molecule has 1 saturated carbocycles. The number of carboxylic acids is 1. The molecule has 2 amide bonds. The van der Waals surface area contributed by atoms with Crippen molar-refractivity contribution < 1.29 is 28.3 Å². The molecule has 1 spiro atoms. The zero-order chi connectivity index (χ0) is 28.4. The van der Waals surface area contributed by atoms with Gasteiger partial charge in [0.1, 0.15) is 11.4 Å². The average molecular weight is 540 g/mol. The van der Waals surface area contributed by atoms with E-state index in [1.807, 2.05) is 0 Å². The fraction of sp³-hybridized carbons (Fsp3) is 0.467. The van der Waals surface area contributed by atoms with Crippen molar-refractivity contribution in [3.05, 3.63) is 70.8 Å². The Hall–Kier alpha value is -3.62. The Morgan fingerprint density at radius 1 is 1.10 bits per heavy atom. The molecule has 0 radical (unpaired) electrons. The van der Waals surface area contributed by atoms with Gasteiger partial charge < -0.3 is 15.3 Å². The lowest BCUT2D eigenvalue weighted by Crippen LogP contribution is -2.50. The maximum Gasteiger partial charge on any atom is 0.305 e. The first kappa shape index (κ1) is 28.4. The summed E-state index contributed by atoms with van der Waals surface area (Å²) in [4.78, 5) is 43.1. The SMILES string of the molecule is CC(C)(C)C1CCC2(CC1)N=C(c1cccc(F)c1F)C(=O)N2CCc1ccc(C(=O)NCCC(=O)O)cc1. The Balaban J connectivity index is 1.52. The van der Waals surface area contributed by atoms with Crippen LogP contribution in [0.1, 0.15) is 74.4 Å². The van der Waals surface area contributed by atoms with E-state index in [0.29, 0.717) is 37.3 Å². The Morgan fingerprint density at radius 3 is 2.38 bits per heavy atom. The number of carbonyl (C=O) groups is 3. The number of rotatable bonds is 8. The summed E-state index contributed by atoms with van der Waals surface area (Å²) < 4.78 is 28.7. The van der Waals surface area contributed by atoms with E-state index in [-0.39, 0.29) is 35.6 Å². The molecule has 0 aromatic heterocycles. The topological polar surface area (TPSA) is 99.1 Å². The van der Waals surface area contributed by atoms with Crippen LogP contribution in [0.15, 0.2) is 47.5 Å². The van der Waals surface area contributed by atoms with Gasteiger partial charge in [-0.1, -0.05) is 39.0 Å². The fourth-order valence-corrected chi connectivity index (χ4v) is 5.58. The summed E-state index contributed by atoms with van der Waals surface area (Å²) in [6.45, 7) is 7.01. The third-order valence-corrected chi connectivity index (χ3v) is 7.95. The second-order valence-electron chi connectivity index (χ2n) is 11.5. The minimum Gasteiger partial charge on any atom is -0.481 e. The molecule has 2 N–H and O–H groups in total. The van der Waals surface area contributed by atoms with Crippen molar-refractivity contribution in [2.75, 3.05) is 13.1 Å². The molecule has 2 aromatic carbocycles. The van der Waals surface area contributed by atoms with Crippen LogP contribution in [0.2, 0.25) is 0 Å². The molecule has 1 fully saturated rings. The molecular formula is C30H35F2N3O4. The average Bonchev–Trinajstić information content (AvgIpc) is 3.14. The van der Waals surface area contributed by atoms with Crippen LogP contribution in [0.5, 0.6) is 0 Å². The third kappa shape index (κ3) is 6.18. The Kier molecular flexibility index (Phi) is 8.18. The lowest BCUT2D eigenvalue weighted by atomic mass is 9.69. The van der Waals surface area contributed by atoms with Gasteiger partial charge in [-0.3, -0.25) is 19.4 Å². The molecule has 1 heterocycles. The van der Waals surface area contributed by atoms with Crippen molar-refractivity contribution in [2.45, 2.75) is 65.0 Å². The molecule has 1 aliphatic heterocycles.